The van der Waals surface area contributed by atoms with Gasteiger partial charge in [-0.3, -0.25) is 9.59 Å². The lowest BCUT2D eigenvalue weighted by atomic mass is 9.45. The predicted octanol–water partition coefficient (Wildman–Crippen LogP) is 3.60. The van der Waals surface area contributed by atoms with E-state index in [0.29, 0.717) is 30.4 Å². The Hall–Kier alpha value is -1.98. The summed E-state index contributed by atoms with van der Waals surface area (Å²) in [5.74, 6) is 0.651. The quantitative estimate of drug-likeness (QED) is 0.385. The van der Waals surface area contributed by atoms with Gasteiger partial charge in [-0.15, -0.1) is 0 Å². The number of hydrogen-bond donors (Lipinski definition) is 2. The van der Waals surface area contributed by atoms with E-state index in [0.717, 1.165) is 24.8 Å². The van der Waals surface area contributed by atoms with Crippen molar-refractivity contribution in [2.24, 2.45) is 44.3 Å². The third-order valence-corrected chi connectivity index (χ3v) is 8.33. The lowest BCUT2D eigenvalue weighted by Crippen LogP contribution is -2.56. The summed E-state index contributed by atoms with van der Waals surface area (Å²) >= 11 is 0. The van der Waals surface area contributed by atoms with Crippen LogP contribution in [-0.4, -0.2) is 33.4 Å². The minimum Gasteiger partial charge on any atom is -0.411 e. The molecule has 0 aliphatic heterocycles. The van der Waals surface area contributed by atoms with E-state index in [2.05, 4.69) is 23.3 Å². The van der Waals surface area contributed by atoms with Crippen molar-refractivity contribution in [2.45, 2.75) is 59.8 Å². The molecule has 4 aliphatic rings. The first-order valence-corrected chi connectivity index (χ1v) is 9.84. The second-order valence-electron chi connectivity index (χ2n) is 9.86. The SMILES string of the molecule is CC1(C)C(=O)/C(=N/O)C[C@@]2(C)C1=CC[C@@H]1[C@@H]2CC[C@]2(C)C(=O)/C(=N\O)C[C@@H]12. The van der Waals surface area contributed by atoms with Gasteiger partial charge < -0.3 is 10.4 Å². The topological polar surface area (TPSA) is 99.3 Å². The van der Waals surface area contributed by atoms with E-state index < -0.39 is 10.8 Å². The van der Waals surface area contributed by atoms with Crippen molar-refractivity contribution in [2.75, 3.05) is 0 Å². The summed E-state index contributed by atoms with van der Waals surface area (Å²) < 4.78 is 0. The number of fused-ring (bicyclic) bond motifs is 5. The summed E-state index contributed by atoms with van der Waals surface area (Å²) in [4.78, 5) is 25.5. The van der Waals surface area contributed by atoms with E-state index >= 15 is 0 Å². The van der Waals surface area contributed by atoms with Crippen LogP contribution in [0.25, 0.3) is 0 Å². The third-order valence-electron chi connectivity index (χ3n) is 8.33. The van der Waals surface area contributed by atoms with E-state index in [-0.39, 0.29) is 28.6 Å². The zero-order valence-corrected chi connectivity index (χ0v) is 16.5. The fourth-order valence-electron chi connectivity index (χ4n) is 6.98. The van der Waals surface area contributed by atoms with Crippen molar-refractivity contribution in [3.05, 3.63) is 11.6 Å². The molecule has 3 fully saturated rings. The fourth-order valence-corrected chi connectivity index (χ4v) is 6.98. The number of ketones is 2. The molecule has 3 saturated carbocycles. The van der Waals surface area contributed by atoms with Crippen LogP contribution in [0.15, 0.2) is 22.0 Å². The van der Waals surface area contributed by atoms with Crippen LogP contribution in [0.1, 0.15) is 59.8 Å². The Labute approximate surface area is 159 Å². The van der Waals surface area contributed by atoms with E-state index in [1.165, 1.54) is 0 Å². The minimum atomic E-state index is -0.677. The first-order chi connectivity index (χ1) is 12.6. The zero-order valence-electron chi connectivity index (χ0n) is 16.5. The third kappa shape index (κ3) is 2.13. The summed E-state index contributed by atoms with van der Waals surface area (Å²) in [7, 11) is 0. The van der Waals surface area contributed by atoms with Gasteiger partial charge in [-0.25, -0.2) is 0 Å². The van der Waals surface area contributed by atoms with Gasteiger partial charge in [0.1, 0.15) is 11.4 Å². The van der Waals surface area contributed by atoms with Crippen molar-refractivity contribution >= 4 is 23.0 Å². The molecule has 2 N–H and O–H groups in total. The molecule has 0 aromatic heterocycles. The van der Waals surface area contributed by atoms with Gasteiger partial charge in [0.05, 0.1) is 5.41 Å². The molecular weight excluding hydrogens is 344 g/mol. The lowest BCUT2D eigenvalue weighted by molar-refractivity contribution is -0.129. The highest BCUT2D eigenvalue weighted by molar-refractivity contribution is 6.44. The summed E-state index contributed by atoms with van der Waals surface area (Å²) in [6.07, 6.45) is 5.66. The van der Waals surface area contributed by atoms with Crippen LogP contribution in [0.2, 0.25) is 0 Å². The minimum absolute atomic E-state index is 0.00913. The van der Waals surface area contributed by atoms with Crippen molar-refractivity contribution in [1.82, 2.24) is 0 Å². The van der Waals surface area contributed by atoms with Crippen LogP contribution in [-0.2, 0) is 9.59 Å². The maximum atomic E-state index is 12.8. The van der Waals surface area contributed by atoms with Gasteiger partial charge in [-0.1, -0.05) is 35.8 Å². The highest BCUT2D eigenvalue weighted by atomic mass is 16.4. The molecule has 0 radical (unpaired) electrons. The molecule has 0 aromatic rings. The van der Waals surface area contributed by atoms with Gasteiger partial charge in [0, 0.05) is 18.3 Å². The molecular formula is C21H28N2O4. The van der Waals surface area contributed by atoms with Gasteiger partial charge in [0.25, 0.3) is 0 Å². The Morgan fingerprint density at radius 2 is 1.63 bits per heavy atom. The molecule has 5 atom stereocenters. The van der Waals surface area contributed by atoms with Crippen LogP contribution in [0, 0.1) is 34.0 Å². The van der Waals surface area contributed by atoms with Gasteiger partial charge in [0.2, 0.25) is 0 Å². The van der Waals surface area contributed by atoms with Crippen LogP contribution in [0.4, 0.5) is 0 Å². The fraction of sp³-hybridized carbons (Fsp3) is 0.714. The molecule has 0 amide bonds. The monoisotopic (exact) mass is 372 g/mol. The molecule has 4 aliphatic carbocycles. The Balaban J connectivity index is 1.80. The number of oxime groups is 2. The highest BCUT2D eigenvalue weighted by Gasteiger charge is 2.63. The van der Waals surface area contributed by atoms with Crippen LogP contribution >= 0.6 is 0 Å². The number of Topliss-reactive ketones (excluding diaryl/α,β-unsaturated/α-hetero) is 2. The predicted molar refractivity (Wildman–Crippen MR) is 100 cm³/mol. The number of rotatable bonds is 0. The van der Waals surface area contributed by atoms with Crippen molar-refractivity contribution in [3.8, 4) is 0 Å². The van der Waals surface area contributed by atoms with Gasteiger partial charge in [-0.05, 0) is 56.3 Å². The average molecular weight is 372 g/mol. The normalized spacial score (nSPS) is 46.1. The van der Waals surface area contributed by atoms with Crippen LogP contribution in [0.5, 0.6) is 0 Å². The highest BCUT2D eigenvalue weighted by Crippen LogP contribution is 2.65. The summed E-state index contributed by atoms with van der Waals surface area (Å²) in [5, 5.41) is 25.4. The second kappa shape index (κ2) is 5.52. The van der Waals surface area contributed by atoms with Crippen molar-refractivity contribution in [3.63, 3.8) is 0 Å². The maximum Gasteiger partial charge on any atom is 0.190 e. The molecule has 0 bridgehead atoms. The molecule has 0 spiro atoms. The molecule has 4 rings (SSSR count). The summed E-state index contributed by atoms with van der Waals surface area (Å²) in [6.45, 7) is 8.06. The van der Waals surface area contributed by atoms with E-state index in [1.54, 1.807) is 0 Å². The molecule has 6 nitrogen and oxygen atoms in total. The van der Waals surface area contributed by atoms with Gasteiger partial charge >= 0.3 is 0 Å². The molecule has 0 unspecified atom stereocenters. The van der Waals surface area contributed by atoms with Crippen molar-refractivity contribution in [1.29, 1.82) is 0 Å². The van der Waals surface area contributed by atoms with Crippen LogP contribution < -0.4 is 0 Å². The number of carbonyl (C=O) groups excluding carboxylic acids is 2. The maximum absolute atomic E-state index is 12.8. The number of hydrogen-bond acceptors (Lipinski definition) is 6. The van der Waals surface area contributed by atoms with E-state index in [9.17, 15) is 20.0 Å². The Kier molecular flexibility index (Phi) is 3.76. The molecule has 0 saturated heterocycles. The molecule has 0 aromatic carbocycles. The Bertz CT molecular complexity index is 824. The number of allylic oxidation sites excluding steroid dienone is 2. The molecule has 27 heavy (non-hydrogen) atoms. The van der Waals surface area contributed by atoms with Crippen molar-refractivity contribution < 1.29 is 20.0 Å². The summed E-state index contributed by atoms with van der Waals surface area (Å²) in [6, 6.07) is 0. The first kappa shape index (κ1) is 18.4. The standard InChI is InChI=1S/C21H28N2O4/c1-19(2)16-6-5-11-12(21(16,4)10-15(23-27)17(19)24)7-8-20(3)13(11)9-14(22-26)18(20)25/h6,11-13,26-27H,5,7-10H2,1-4H3/b22-14-,23-15+/t11-,12+,13+,20+,21-/m1/s1. The van der Waals surface area contributed by atoms with Crippen LogP contribution in [0.3, 0.4) is 0 Å². The Morgan fingerprint density at radius 1 is 0.963 bits per heavy atom. The van der Waals surface area contributed by atoms with Gasteiger partial charge in [-0.2, -0.15) is 0 Å². The molecule has 146 valence electrons. The number of nitrogens with zero attached hydrogens (tertiary/aromatic N) is 2. The Morgan fingerprint density at radius 3 is 2.26 bits per heavy atom. The second-order valence-corrected chi connectivity index (χ2v) is 9.86. The van der Waals surface area contributed by atoms with E-state index in [1.807, 2.05) is 20.8 Å². The lowest BCUT2D eigenvalue weighted by Gasteiger charge is -2.58. The van der Waals surface area contributed by atoms with Gasteiger partial charge in [0.15, 0.2) is 11.6 Å². The smallest absolute Gasteiger partial charge is 0.190 e. The zero-order chi connectivity index (χ0) is 19.8. The van der Waals surface area contributed by atoms with E-state index in [4.69, 9.17) is 0 Å². The first-order valence-electron chi connectivity index (χ1n) is 9.84. The summed E-state index contributed by atoms with van der Waals surface area (Å²) in [5.41, 5.74) is 0.318. The molecule has 0 heterocycles. The molecule has 6 heteroatoms. The largest absolute Gasteiger partial charge is 0.411 e. The average Bonchev–Trinajstić information content (AvgIpc) is 2.89. The number of carbonyl (C=O) groups is 2.